The highest BCUT2D eigenvalue weighted by molar-refractivity contribution is 6.15. The normalized spacial score (nSPS) is 12.4. The van der Waals surface area contributed by atoms with Crippen molar-refractivity contribution >= 4 is 64.6 Å². The van der Waals surface area contributed by atoms with Gasteiger partial charge in [0.25, 0.3) is 0 Å². The molecule has 0 aromatic heterocycles. The van der Waals surface area contributed by atoms with Crippen LogP contribution in [0.15, 0.2) is 261 Å². The molecule has 0 saturated heterocycles. The predicted molar refractivity (Wildman–Crippen MR) is 406 cm³/mol. The van der Waals surface area contributed by atoms with E-state index in [1.165, 1.54) is 76.2 Å². The molecule has 0 heterocycles. The number of Topliss-reactive ketones (excluding diaryl/α,β-unsaturated/α-hetero) is 3. The Balaban J connectivity index is 0.000000263. The van der Waals surface area contributed by atoms with Gasteiger partial charge >= 0.3 is 23.9 Å². The number of nitrogens with one attached hydrogen (secondary N) is 2. The summed E-state index contributed by atoms with van der Waals surface area (Å²) in [5.41, 5.74) is 19.4. The maximum Gasteiger partial charge on any atom is 0.322 e. The van der Waals surface area contributed by atoms with Gasteiger partial charge in [0, 0.05) is 25.6 Å². The zero-order chi connectivity index (χ0) is 77.0. The van der Waals surface area contributed by atoms with Crippen LogP contribution in [0.3, 0.4) is 0 Å². The topological polar surface area (TPSA) is 278 Å². The lowest BCUT2D eigenvalue weighted by Crippen LogP contribution is -2.44. The number of rotatable bonds is 33. The molecule has 0 aliphatic carbocycles. The largest absolute Gasteiger partial charge is 0.481 e. The molecule has 556 valence electrons. The average Bonchev–Trinajstić information content (AvgIpc) is 0.882. The van der Waals surface area contributed by atoms with E-state index >= 15 is 0 Å². The van der Waals surface area contributed by atoms with Gasteiger partial charge in [0.15, 0.2) is 17.3 Å². The molecule has 0 unspecified atom stereocenters. The van der Waals surface area contributed by atoms with E-state index in [1.54, 1.807) is 0 Å². The smallest absolute Gasteiger partial charge is 0.322 e. The molecule has 0 bridgehead atoms. The number of alkyl halides is 1. The highest BCUT2D eigenvalue weighted by Crippen LogP contribution is 2.21. The molecule has 2 amide bonds. The van der Waals surface area contributed by atoms with Crippen LogP contribution >= 0.6 is 11.6 Å². The summed E-state index contributed by atoms with van der Waals surface area (Å²) < 4.78 is 40.6. The van der Waals surface area contributed by atoms with E-state index in [0.717, 1.165) is 38.9 Å². The van der Waals surface area contributed by atoms with Crippen LogP contribution in [0, 0.1) is 29.4 Å². The van der Waals surface area contributed by atoms with E-state index in [9.17, 15) is 57.0 Å². The molecule has 0 saturated carbocycles. The van der Waals surface area contributed by atoms with Crippen LogP contribution in [0.5, 0.6) is 0 Å². The number of hydrogen-bond acceptors (Lipinski definition) is 14. The van der Waals surface area contributed by atoms with Gasteiger partial charge in [-0.25, -0.2) is 8.78 Å². The highest BCUT2D eigenvalue weighted by Gasteiger charge is 2.31. The number of carboxylic acid groups (broad SMARTS) is 1. The molecule has 17 nitrogen and oxygen atoms in total. The van der Waals surface area contributed by atoms with Crippen molar-refractivity contribution in [1.82, 2.24) is 10.6 Å². The van der Waals surface area contributed by atoms with Crippen molar-refractivity contribution in [3.8, 4) is 0 Å². The fourth-order valence-corrected chi connectivity index (χ4v) is 11.3. The van der Waals surface area contributed by atoms with E-state index in [2.05, 4.69) is 27.0 Å². The molecule has 7 N–H and O–H groups in total. The first-order chi connectivity index (χ1) is 51.2. The van der Waals surface area contributed by atoms with E-state index in [1.807, 2.05) is 212 Å². The third-order valence-corrected chi connectivity index (χ3v) is 16.8. The minimum absolute atomic E-state index is 0.00871. The first kappa shape index (κ1) is 85.5. The number of esters is 3. The second-order valence-electron chi connectivity index (χ2n) is 24.9. The molecule has 0 spiro atoms. The number of carbonyl (C=O) groups excluding carboxylic acids is 8. The van der Waals surface area contributed by atoms with Gasteiger partial charge < -0.3 is 41.4 Å². The molecule has 0 fully saturated rings. The Morgan fingerprint density at radius 3 is 0.858 bits per heavy atom. The van der Waals surface area contributed by atoms with Gasteiger partial charge in [-0.2, -0.15) is 0 Å². The molecule has 0 aliphatic heterocycles. The lowest BCUT2D eigenvalue weighted by Gasteiger charge is -2.21. The van der Waals surface area contributed by atoms with Crippen LogP contribution in [-0.2, 0) is 115 Å². The number of benzene rings is 9. The summed E-state index contributed by atoms with van der Waals surface area (Å²) in [6.07, 6.45) is 3.92. The Hall–Kier alpha value is -11.1. The van der Waals surface area contributed by atoms with Crippen LogP contribution < -0.4 is 22.1 Å². The second kappa shape index (κ2) is 48.0. The summed E-state index contributed by atoms with van der Waals surface area (Å²) in [4.78, 5) is 112. The Morgan fingerprint density at radius 1 is 0.330 bits per heavy atom. The number of amides is 2. The Labute approximate surface area is 624 Å². The molecule has 106 heavy (non-hydrogen) atoms. The van der Waals surface area contributed by atoms with Gasteiger partial charge in [-0.1, -0.05) is 237 Å². The second-order valence-corrected chi connectivity index (χ2v) is 24.9. The van der Waals surface area contributed by atoms with Crippen molar-refractivity contribution in [1.29, 1.82) is 0 Å². The number of hydrogen-bond donors (Lipinski definition) is 5. The molecule has 9 aromatic carbocycles. The number of ether oxygens (including phenoxy) is 3. The van der Waals surface area contributed by atoms with Crippen molar-refractivity contribution in [2.45, 2.75) is 101 Å². The van der Waals surface area contributed by atoms with Crippen molar-refractivity contribution in [2.24, 2.45) is 29.2 Å². The SMILES string of the molecule is CCl.COC(=O)[C@@H](CC(=O)[C@@H](N)Cc1ccccc1)Cc1ccccc1.COC(=O)[C@@H](CC(=O)[C@H](Cc1ccccc1)NC(=O)Cc1ccc(F)cc1)Cc1ccccc1.COC(=O)[C@@H](N)Cc1ccccc1.O=C(Cc1ccc(F)cc1)N[C@@H](Cc1ccccc1)C(=O)C[C@@H](Cc1ccccc1)C(=O)O. The monoisotopic (exact) mass is 1460 g/mol. The molecular weight excluding hydrogens is 1370 g/mol. The van der Waals surface area contributed by atoms with Gasteiger partial charge in [-0.3, -0.25) is 43.2 Å². The van der Waals surface area contributed by atoms with Gasteiger partial charge in [-0.05, 0) is 119 Å². The number of methoxy groups -OCH3 is 3. The zero-order valence-corrected chi connectivity index (χ0v) is 60.7. The van der Waals surface area contributed by atoms with Crippen molar-refractivity contribution < 1.29 is 71.2 Å². The summed E-state index contributed by atoms with van der Waals surface area (Å²) in [7, 11) is 3.98. The first-order valence-electron chi connectivity index (χ1n) is 34.5. The number of ketones is 3. The van der Waals surface area contributed by atoms with Gasteiger partial charge in [0.05, 0.1) is 70.1 Å². The average molecular weight is 1460 g/mol. The van der Waals surface area contributed by atoms with Crippen molar-refractivity contribution in [3.63, 3.8) is 0 Å². The Morgan fingerprint density at radius 2 is 0.575 bits per heavy atom. The molecule has 9 aromatic rings. The third kappa shape index (κ3) is 32.7. The van der Waals surface area contributed by atoms with Crippen LogP contribution in [0.1, 0.15) is 69.3 Å². The van der Waals surface area contributed by atoms with Crippen LogP contribution in [-0.4, -0.2) is 110 Å². The highest BCUT2D eigenvalue weighted by atomic mass is 35.5. The molecule has 0 aliphatic rings. The van der Waals surface area contributed by atoms with Gasteiger partial charge in [-0.15, -0.1) is 11.6 Å². The standard InChI is InChI=1S/C28H28FNO4.C27H26FNO4.C20H23NO3.C10H13NO2.CH3Cl/c1-34-28(33)23(16-20-8-4-2-5-9-20)19-26(31)25(17-21-10-6-3-7-11-21)30-27(32)18-22-12-14-24(29)15-13-22;28-23-13-11-21(12-14-23)17-26(31)29-24(16-20-9-5-2-6-10-20)25(30)18-22(27(32)33)15-19-7-3-1-4-8-19;1-24-20(23)17(12-15-8-4-2-5-9-15)14-19(22)18(21)13-16-10-6-3-7-11-16;1-13-10(12)9(11)7-8-5-3-2-4-6-8;1-2/h2-15,23,25H,16-19H2,1H3,(H,30,32);1-14,22,24H,15-18H2,(H,29,31)(H,32,33);2-11,17-18H,12-14,21H2,1H3;2-6,9H,7,11H2,1H3;1H3/t23-,25+;22-,24+;17-,18+;9-;/m1110./s1. The molecule has 20 heteroatoms. The van der Waals surface area contributed by atoms with Gasteiger partial charge in [0.2, 0.25) is 11.8 Å². The first-order valence-corrected chi connectivity index (χ1v) is 35.2. The lowest BCUT2D eigenvalue weighted by atomic mass is 9.90. The van der Waals surface area contributed by atoms with Crippen molar-refractivity contribution in [3.05, 3.63) is 323 Å². The molecule has 0 radical (unpaired) electrons. The molecule has 9 rings (SSSR count). The third-order valence-electron chi connectivity index (χ3n) is 16.8. The fraction of sp³-hybridized carbons (Fsp3) is 0.267. The van der Waals surface area contributed by atoms with Crippen LogP contribution in [0.25, 0.3) is 0 Å². The zero-order valence-electron chi connectivity index (χ0n) is 60.0. The lowest BCUT2D eigenvalue weighted by molar-refractivity contribution is -0.147. The number of carboxylic acids is 1. The summed E-state index contributed by atoms with van der Waals surface area (Å²) >= 11 is 4.64. The number of nitrogens with two attached hydrogens (primary N) is 2. The predicted octanol–water partition coefficient (Wildman–Crippen LogP) is 12.2. The molecular formula is C86H93ClF2N4O13. The minimum Gasteiger partial charge on any atom is -0.481 e. The van der Waals surface area contributed by atoms with E-state index in [-0.39, 0.29) is 91.9 Å². The van der Waals surface area contributed by atoms with Crippen LogP contribution in [0.4, 0.5) is 8.78 Å². The number of aliphatic carboxylic acids is 1. The maximum atomic E-state index is 13.3. The van der Waals surface area contributed by atoms with E-state index in [4.69, 9.17) is 20.9 Å². The maximum absolute atomic E-state index is 13.3. The summed E-state index contributed by atoms with van der Waals surface area (Å²) in [6.45, 7) is 0. The van der Waals surface area contributed by atoms with E-state index in [0.29, 0.717) is 43.2 Å². The summed E-state index contributed by atoms with van der Waals surface area (Å²) in [5, 5.41) is 15.3. The quantitative estimate of drug-likeness (QED) is 0.0145. The van der Waals surface area contributed by atoms with Crippen molar-refractivity contribution in [2.75, 3.05) is 27.7 Å². The van der Waals surface area contributed by atoms with Gasteiger partial charge in [0.1, 0.15) is 17.7 Å². The summed E-state index contributed by atoms with van der Waals surface area (Å²) in [6, 6.07) is 74.4. The van der Waals surface area contributed by atoms with Crippen LogP contribution in [0.2, 0.25) is 0 Å². The number of carbonyl (C=O) groups is 9. The summed E-state index contributed by atoms with van der Waals surface area (Å²) in [5.74, 6) is -6.54. The van der Waals surface area contributed by atoms with E-state index < -0.39 is 59.7 Å². The minimum atomic E-state index is -1.05. The number of halogens is 3. The molecule has 7 atom stereocenters. The fourth-order valence-electron chi connectivity index (χ4n) is 11.3. The Kier molecular flexibility index (Phi) is 38.7. The Bertz CT molecular complexity index is 4100.